The third-order valence-corrected chi connectivity index (χ3v) is 8.80. The summed E-state index contributed by atoms with van der Waals surface area (Å²) in [5.74, 6) is 1.19. The fourth-order valence-corrected chi connectivity index (χ4v) is 6.57. The number of hydrogen-bond donors (Lipinski definition) is 1. The van der Waals surface area contributed by atoms with E-state index >= 15 is 0 Å². The predicted molar refractivity (Wildman–Crippen MR) is 127 cm³/mol. The van der Waals surface area contributed by atoms with Gasteiger partial charge in [-0.2, -0.15) is 0 Å². The van der Waals surface area contributed by atoms with Gasteiger partial charge in [0, 0.05) is 34.0 Å². The van der Waals surface area contributed by atoms with Crippen LogP contribution in [0, 0.1) is 0 Å². The lowest BCUT2D eigenvalue weighted by Gasteiger charge is -2.33. The number of fused-ring (bicyclic) bond motifs is 3. The third kappa shape index (κ3) is 4.83. The van der Waals surface area contributed by atoms with E-state index < -0.39 is 0 Å². The number of nitrogens with zero attached hydrogens (tertiary/aromatic N) is 3. The second-order valence-corrected chi connectivity index (χ2v) is 11.3. The molecular formula is C20H24N4O2S4. The standard InChI is InChI=1S/C20H24N4O2S4/c1-4-7-27-19-23-16(29-11-14(25)22-18-21-6-8-28-18)15-12-9-20(3,5-2)26-10-13(12)30-17(15)24-19/h6,8H,4-5,7,9-11H2,1-3H3,(H,21,22,25). The van der Waals surface area contributed by atoms with E-state index in [0.717, 1.165) is 45.4 Å². The van der Waals surface area contributed by atoms with Crippen LogP contribution >= 0.6 is 46.2 Å². The van der Waals surface area contributed by atoms with Crippen molar-refractivity contribution in [2.75, 3.05) is 16.8 Å². The molecule has 0 fully saturated rings. The van der Waals surface area contributed by atoms with Crippen LogP contribution in [-0.2, 0) is 22.6 Å². The monoisotopic (exact) mass is 480 g/mol. The average molecular weight is 481 g/mol. The van der Waals surface area contributed by atoms with Gasteiger partial charge in [0.1, 0.15) is 9.86 Å². The topological polar surface area (TPSA) is 77.0 Å². The first-order valence-electron chi connectivity index (χ1n) is 9.92. The molecule has 1 unspecified atom stereocenters. The van der Waals surface area contributed by atoms with Crippen molar-refractivity contribution < 1.29 is 9.53 Å². The van der Waals surface area contributed by atoms with E-state index in [2.05, 4.69) is 31.1 Å². The van der Waals surface area contributed by atoms with Gasteiger partial charge in [-0.25, -0.2) is 15.0 Å². The van der Waals surface area contributed by atoms with Crippen LogP contribution < -0.4 is 5.32 Å². The molecule has 30 heavy (non-hydrogen) atoms. The van der Waals surface area contributed by atoms with E-state index in [9.17, 15) is 4.79 Å². The van der Waals surface area contributed by atoms with Crippen LogP contribution in [-0.4, -0.2) is 38.0 Å². The minimum atomic E-state index is -0.166. The largest absolute Gasteiger partial charge is 0.369 e. The molecule has 10 heteroatoms. The molecule has 0 saturated heterocycles. The third-order valence-electron chi connectivity index (χ3n) is 4.98. The molecule has 0 aliphatic carbocycles. The highest BCUT2D eigenvalue weighted by Crippen LogP contribution is 2.43. The van der Waals surface area contributed by atoms with Gasteiger partial charge >= 0.3 is 0 Å². The summed E-state index contributed by atoms with van der Waals surface area (Å²) in [6.07, 6.45) is 4.55. The van der Waals surface area contributed by atoms with Crippen molar-refractivity contribution >= 4 is 67.5 Å². The fourth-order valence-electron chi connectivity index (χ4n) is 3.18. The lowest BCUT2D eigenvalue weighted by atomic mass is 9.90. The first kappa shape index (κ1) is 22.0. The summed E-state index contributed by atoms with van der Waals surface area (Å²) in [5, 5.41) is 8.10. The number of carbonyl (C=O) groups is 1. The first-order valence-corrected chi connectivity index (χ1v) is 13.6. The normalized spacial score (nSPS) is 18.5. The molecule has 0 aromatic carbocycles. The molecule has 0 spiro atoms. The summed E-state index contributed by atoms with van der Waals surface area (Å²) in [6.45, 7) is 7.10. The Bertz CT molecular complexity index is 1040. The molecule has 6 nitrogen and oxygen atoms in total. The molecule has 3 aromatic heterocycles. The molecular weight excluding hydrogens is 457 g/mol. The highest BCUT2D eigenvalue weighted by molar-refractivity contribution is 8.00. The number of anilines is 1. The number of carbonyl (C=O) groups excluding carboxylic acids is 1. The van der Waals surface area contributed by atoms with Gasteiger partial charge in [0.15, 0.2) is 10.3 Å². The van der Waals surface area contributed by atoms with Crippen molar-refractivity contribution in [3.05, 3.63) is 22.0 Å². The van der Waals surface area contributed by atoms with E-state index in [1.165, 1.54) is 33.5 Å². The van der Waals surface area contributed by atoms with E-state index in [0.29, 0.717) is 11.7 Å². The molecule has 1 atom stereocenters. The molecule has 4 heterocycles. The zero-order chi connectivity index (χ0) is 21.1. The molecule has 4 rings (SSSR count). The summed E-state index contributed by atoms with van der Waals surface area (Å²) in [7, 11) is 0. The number of amides is 1. The number of thioether (sulfide) groups is 2. The number of nitrogens with one attached hydrogen (secondary N) is 1. The Morgan fingerprint density at radius 3 is 2.93 bits per heavy atom. The fraction of sp³-hybridized carbons (Fsp3) is 0.500. The second-order valence-electron chi connectivity index (χ2n) is 7.29. The van der Waals surface area contributed by atoms with Crippen LogP contribution in [0.3, 0.4) is 0 Å². The predicted octanol–water partition coefficient (Wildman–Crippen LogP) is 5.62. The summed E-state index contributed by atoms with van der Waals surface area (Å²) in [4.78, 5) is 28.5. The van der Waals surface area contributed by atoms with Gasteiger partial charge < -0.3 is 10.1 Å². The van der Waals surface area contributed by atoms with Crippen molar-refractivity contribution in [3.63, 3.8) is 0 Å². The molecule has 1 aliphatic rings. The van der Waals surface area contributed by atoms with E-state index in [-0.39, 0.29) is 17.3 Å². The van der Waals surface area contributed by atoms with E-state index in [1.54, 1.807) is 29.3 Å². The molecule has 3 aromatic rings. The number of aromatic nitrogens is 3. The molecule has 1 amide bonds. The zero-order valence-corrected chi connectivity index (χ0v) is 20.5. The van der Waals surface area contributed by atoms with Crippen LogP contribution in [0.5, 0.6) is 0 Å². The summed E-state index contributed by atoms with van der Waals surface area (Å²) >= 11 is 6.26. The molecule has 1 aliphatic heterocycles. The summed E-state index contributed by atoms with van der Waals surface area (Å²) < 4.78 is 6.14. The van der Waals surface area contributed by atoms with Gasteiger partial charge in [0.05, 0.1) is 18.0 Å². The van der Waals surface area contributed by atoms with Crippen LogP contribution in [0.2, 0.25) is 0 Å². The molecule has 0 radical (unpaired) electrons. The van der Waals surface area contributed by atoms with Gasteiger partial charge in [-0.1, -0.05) is 37.4 Å². The number of ether oxygens (including phenoxy) is 1. The quantitative estimate of drug-likeness (QED) is 0.255. The lowest BCUT2D eigenvalue weighted by molar-refractivity contribution is -0.113. The van der Waals surface area contributed by atoms with Crippen LogP contribution in [0.1, 0.15) is 44.1 Å². The number of thiazole rings is 1. The maximum atomic E-state index is 12.4. The van der Waals surface area contributed by atoms with E-state index in [1.807, 2.05) is 5.38 Å². The van der Waals surface area contributed by atoms with Crippen molar-refractivity contribution in [3.8, 4) is 0 Å². The maximum Gasteiger partial charge on any atom is 0.236 e. The Balaban J connectivity index is 1.64. The van der Waals surface area contributed by atoms with Gasteiger partial charge in [-0.05, 0) is 25.3 Å². The summed E-state index contributed by atoms with van der Waals surface area (Å²) in [5.41, 5.74) is 1.13. The Morgan fingerprint density at radius 2 is 2.20 bits per heavy atom. The number of thiophene rings is 1. The maximum absolute atomic E-state index is 12.4. The van der Waals surface area contributed by atoms with Crippen LogP contribution in [0.4, 0.5) is 5.13 Å². The van der Waals surface area contributed by atoms with Gasteiger partial charge in [-0.3, -0.25) is 4.79 Å². The Morgan fingerprint density at radius 1 is 1.33 bits per heavy atom. The molecule has 160 valence electrons. The second kappa shape index (κ2) is 9.52. The van der Waals surface area contributed by atoms with E-state index in [4.69, 9.17) is 14.7 Å². The first-order chi connectivity index (χ1) is 14.5. The van der Waals surface area contributed by atoms with Crippen molar-refractivity contribution in [2.24, 2.45) is 0 Å². The smallest absolute Gasteiger partial charge is 0.236 e. The zero-order valence-electron chi connectivity index (χ0n) is 17.2. The average Bonchev–Trinajstić information content (AvgIpc) is 3.37. The van der Waals surface area contributed by atoms with Gasteiger partial charge in [0.2, 0.25) is 5.91 Å². The lowest BCUT2D eigenvalue weighted by Crippen LogP contribution is -2.33. The minimum Gasteiger partial charge on any atom is -0.369 e. The number of rotatable bonds is 8. The van der Waals surface area contributed by atoms with Gasteiger partial charge in [-0.15, -0.1) is 22.7 Å². The minimum absolute atomic E-state index is 0.0738. The highest BCUT2D eigenvalue weighted by Gasteiger charge is 2.33. The molecule has 0 bridgehead atoms. The van der Waals surface area contributed by atoms with Crippen LogP contribution in [0.25, 0.3) is 10.2 Å². The van der Waals surface area contributed by atoms with Gasteiger partial charge in [0.25, 0.3) is 0 Å². The SMILES string of the molecule is CCCSc1nc(SCC(=O)Nc2nccs2)c2c3c(sc2n1)COC(C)(CC)C3. The molecule has 1 N–H and O–H groups in total. The summed E-state index contributed by atoms with van der Waals surface area (Å²) in [6, 6.07) is 0. The Kier molecular flexibility index (Phi) is 6.98. The van der Waals surface area contributed by atoms with Crippen molar-refractivity contribution in [2.45, 2.75) is 62.4 Å². The molecule has 0 saturated carbocycles. The van der Waals surface area contributed by atoms with Crippen molar-refractivity contribution in [1.29, 1.82) is 0 Å². The van der Waals surface area contributed by atoms with Crippen molar-refractivity contribution in [1.82, 2.24) is 15.0 Å². The Hall–Kier alpha value is -1.20. The highest BCUT2D eigenvalue weighted by atomic mass is 32.2. The Labute approximate surface area is 192 Å². The van der Waals surface area contributed by atoms with Crippen LogP contribution in [0.15, 0.2) is 21.8 Å². The number of hydrogen-bond acceptors (Lipinski definition) is 9.